The van der Waals surface area contributed by atoms with Gasteiger partial charge in [-0.1, -0.05) is 55.1 Å². The average Bonchev–Trinajstić information content (AvgIpc) is 2.92. The molecule has 2 heterocycles. The molecule has 0 bridgehead atoms. The quantitative estimate of drug-likeness (QED) is 0.199. The Morgan fingerprint density at radius 3 is 2.37 bits per heavy atom. The fourth-order valence-corrected chi connectivity index (χ4v) is 5.25. The number of aliphatic carboxylic acids is 1. The molecule has 3 aromatic rings. The van der Waals surface area contributed by atoms with E-state index in [4.69, 9.17) is 14.6 Å². The number of ether oxygens (including phenoxy) is 2. The summed E-state index contributed by atoms with van der Waals surface area (Å²) in [5.41, 5.74) is 3.06. The average molecular weight is 539 g/mol. The number of carboxylic acid groups (broad SMARTS) is 1. The van der Waals surface area contributed by atoms with E-state index in [1.54, 1.807) is 36.4 Å². The van der Waals surface area contributed by atoms with Crippen LogP contribution in [0, 0.1) is 11.1 Å². The minimum atomic E-state index is -1.03. The molecule has 38 heavy (non-hydrogen) atoms. The van der Waals surface area contributed by atoms with Crippen molar-refractivity contribution in [3.63, 3.8) is 0 Å². The molecule has 0 saturated carbocycles. The highest BCUT2D eigenvalue weighted by molar-refractivity contribution is 7.99. The summed E-state index contributed by atoms with van der Waals surface area (Å²) in [6.45, 7) is 2.01. The summed E-state index contributed by atoms with van der Waals surface area (Å²) >= 11 is 1.42. The van der Waals surface area contributed by atoms with Gasteiger partial charge in [-0.15, -0.1) is 0 Å². The monoisotopic (exact) mass is 538 g/mol. The second-order valence-corrected chi connectivity index (χ2v) is 10.1. The van der Waals surface area contributed by atoms with E-state index in [1.165, 1.54) is 18.0 Å². The first-order valence-corrected chi connectivity index (χ1v) is 13.3. The van der Waals surface area contributed by atoms with Crippen molar-refractivity contribution in [3.05, 3.63) is 94.8 Å². The molecule has 2 aromatic carbocycles. The van der Waals surface area contributed by atoms with Crippen LogP contribution < -0.4 is 10.0 Å². The Kier molecular flexibility index (Phi) is 9.35. The Balaban J connectivity index is 1.52. The number of nitrogens with one attached hydrogen (secondary N) is 1. The molecule has 1 amide bonds. The number of nitrogens with zero attached hydrogens (tertiary/aromatic N) is 1. The number of hydrogen-bond donors (Lipinski definition) is 3. The molecular formula is C28H30N2O7S. The van der Waals surface area contributed by atoms with Crippen LogP contribution in [0.2, 0.25) is 0 Å². The zero-order chi connectivity index (χ0) is 27.1. The van der Waals surface area contributed by atoms with Gasteiger partial charge in [0.2, 0.25) is 5.91 Å². The smallest absolute Gasteiger partial charge is 0.303 e. The third kappa shape index (κ3) is 7.11. The largest absolute Gasteiger partial charge is 0.618 e. The molecule has 1 saturated heterocycles. The number of benzene rings is 2. The molecule has 9 nitrogen and oxygen atoms in total. The number of aliphatic hydroxyl groups is 1. The minimum absolute atomic E-state index is 0.0321. The van der Waals surface area contributed by atoms with Crippen molar-refractivity contribution in [3.8, 4) is 0 Å². The maximum Gasteiger partial charge on any atom is 0.303 e. The number of aromatic nitrogens is 1. The first-order valence-electron chi connectivity index (χ1n) is 12.3. The molecule has 200 valence electrons. The minimum Gasteiger partial charge on any atom is -0.618 e. The SMILES string of the molecule is C[C@@H]1[C@H](CSc2cccc[n+]2[O-])O[C@H](c2ccc(NC(=O)CCC(=O)O)cc2)O[C@@H]1c1ccc(CO)cc1. The van der Waals surface area contributed by atoms with Crippen LogP contribution >= 0.6 is 11.8 Å². The summed E-state index contributed by atoms with van der Waals surface area (Å²) in [7, 11) is 0. The second-order valence-electron chi connectivity index (χ2n) is 9.06. The van der Waals surface area contributed by atoms with Gasteiger partial charge >= 0.3 is 5.97 Å². The highest BCUT2D eigenvalue weighted by Gasteiger charge is 2.38. The van der Waals surface area contributed by atoms with Crippen molar-refractivity contribution >= 4 is 29.3 Å². The van der Waals surface area contributed by atoms with E-state index >= 15 is 0 Å². The Morgan fingerprint density at radius 1 is 1.00 bits per heavy atom. The molecule has 1 aliphatic rings. The van der Waals surface area contributed by atoms with Gasteiger partial charge in [0.1, 0.15) is 0 Å². The van der Waals surface area contributed by atoms with E-state index in [-0.39, 0.29) is 43.5 Å². The van der Waals surface area contributed by atoms with Gasteiger partial charge in [-0.05, 0) is 29.3 Å². The number of carbonyl (C=O) groups is 2. The van der Waals surface area contributed by atoms with Crippen molar-refractivity contribution in [1.82, 2.24) is 0 Å². The number of thioether (sulfide) groups is 1. The highest BCUT2D eigenvalue weighted by Crippen LogP contribution is 2.43. The third-order valence-corrected chi connectivity index (χ3v) is 7.45. The topological polar surface area (TPSA) is 132 Å². The standard InChI is InChI=1S/C28H30N2O7S/c1-18-23(17-38-25-4-2-3-15-30(25)35)36-28(37-27(18)20-7-5-19(16-31)6-8-20)21-9-11-22(12-10-21)29-24(32)13-14-26(33)34/h2-12,15,18,23,27-28,31H,13-14,16-17H2,1H3,(H,29,32)(H,33,34)/t18-,23+,27+,28+/m1/s1. The molecule has 4 atom stereocenters. The van der Waals surface area contributed by atoms with Gasteiger partial charge in [-0.3, -0.25) is 9.59 Å². The van der Waals surface area contributed by atoms with E-state index in [0.717, 1.165) is 21.4 Å². The van der Waals surface area contributed by atoms with Crippen LogP contribution in [0.5, 0.6) is 0 Å². The summed E-state index contributed by atoms with van der Waals surface area (Å²) in [5.74, 6) is -0.896. The molecule has 4 rings (SSSR count). The van der Waals surface area contributed by atoms with Crippen molar-refractivity contribution in [2.24, 2.45) is 5.92 Å². The first kappa shape index (κ1) is 27.6. The lowest BCUT2D eigenvalue weighted by atomic mass is 9.91. The van der Waals surface area contributed by atoms with E-state index in [2.05, 4.69) is 12.2 Å². The predicted molar refractivity (Wildman–Crippen MR) is 141 cm³/mol. The van der Waals surface area contributed by atoms with Crippen LogP contribution in [0.3, 0.4) is 0 Å². The molecule has 1 fully saturated rings. The van der Waals surface area contributed by atoms with Gasteiger partial charge in [-0.2, -0.15) is 4.73 Å². The van der Waals surface area contributed by atoms with Gasteiger partial charge < -0.3 is 30.2 Å². The molecule has 1 aliphatic heterocycles. The van der Waals surface area contributed by atoms with Crippen LogP contribution in [-0.4, -0.2) is 33.9 Å². The fourth-order valence-electron chi connectivity index (χ4n) is 4.17. The van der Waals surface area contributed by atoms with Crippen molar-refractivity contribution in [2.45, 2.75) is 49.9 Å². The van der Waals surface area contributed by atoms with Gasteiger partial charge in [-0.25, -0.2) is 0 Å². The fraction of sp³-hybridized carbons (Fsp3) is 0.321. The zero-order valence-electron chi connectivity index (χ0n) is 20.9. The molecule has 0 spiro atoms. The van der Waals surface area contributed by atoms with Crippen LogP contribution in [0.15, 0.2) is 78.0 Å². The number of carbonyl (C=O) groups excluding carboxylic acids is 1. The maximum atomic E-state index is 12.1. The summed E-state index contributed by atoms with van der Waals surface area (Å²) < 4.78 is 13.6. The molecule has 3 N–H and O–H groups in total. The van der Waals surface area contributed by atoms with Crippen LogP contribution in [-0.2, 0) is 25.7 Å². The summed E-state index contributed by atoms with van der Waals surface area (Å²) in [6.07, 6.45) is -0.0977. The predicted octanol–water partition coefficient (Wildman–Crippen LogP) is 4.20. The molecule has 0 radical (unpaired) electrons. The zero-order valence-corrected chi connectivity index (χ0v) is 21.7. The summed E-state index contributed by atoms with van der Waals surface area (Å²) in [5, 5.41) is 33.6. The van der Waals surface area contributed by atoms with Crippen molar-refractivity contribution < 1.29 is 34.0 Å². The lowest BCUT2D eigenvalue weighted by Crippen LogP contribution is -2.39. The highest BCUT2D eigenvalue weighted by atomic mass is 32.2. The van der Waals surface area contributed by atoms with Crippen LogP contribution in [0.25, 0.3) is 0 Å². The molecule has 0 unspecified atom stereocenters. The van der Waals surface area contributed by atoms with E-state index < -0.39 is 12.3 Å². The summed E-state index contributed by atoms with van der Waals surface area (Å²) in [4.78, 5) is 22.7. The molecule has 10 heteroatoms. The number of pyridine rings is 1. The number of hydrogen-bond acceptors (Lipinski definition) is 7. The molecule has 1 aromatic heterocycles. The van der Waals surface area contributed by atoms with E-state index in [9.17, 15) is 19.9 Å². The number of aliphatic hydroxyl groups excluding tert-OH is 1. The maximum absolute atomic E-state index is 12.1. The first-order chi connectivity index (χ1) is 18.3. The van der Waals surface area contributed by atoms with Crippen molar-refractivity contribution in [2.75, 3.05) is 11.1 Å². The molecular weight excluding hydrogens is 508 g/mol. The van der Waals surface area contributed by atoms with Gasteiger partial charge in [0, 0.05) is 41.5 Å². The van der Waals surface area contributed by atoms with Crippen molar-refractivity contribution in [1.29, 1.82) is 0 Å². The van der Waals surface area contributed by atoms with Gasteiger partial charge in [0.25, 0.3) is 5.03 Å². The Bertz CT molecular complexity index is 1240. The Morgan fingerprint density at radius 2 is 1.71 bits per heavy atom. The van der Waals surface area contributed by atoms with E-state index in [1.807, 2.05) is 30.3 Å². The van der Waals surface area contributed by atoms with Crippen LogP contribution in [0.1, 0.15) is 48.8 Å². The third-order valence-electron chi connectivity index (χ3n) is 6.34. The molecule has 0 aliphatic carbocycles. The second kappa shape index (κ2) is 12.9. The number of anilines is 1. The number of carboxylic acids is 1. The number of rotatable bonds is 10. The number of amides is 1. The van der Waals surface area contributed by atoms with Gasteiger partial charge in [0.15, 0.2) is 12.5 Å². The lowest BCUT2D eigenvalue weighted by molar-refractivity contribution is -0.645. The lowest BCUT2D eigenvalue weighted by Gasteiger charge is -2.41. The Hall–Kier alpha value is -3.44. The van der Waals surface area contributed by atoms with E-state index in [0.29, 0.717) is 16.5 Å². The Labute approximate surface area is 225 Å². The normalized spacial score (nSPS) is 21.1. The summed E-state index contributed by atoms with van der Waals surface area (Å²) in [6, 6.07) is 19.9. The van der Waals surface area contributed by atoms with Crippen LogP contribution in [0.4, 0.5) is 5.69 Å². The van der Waals surface area contributed by atoms with Gasteiger partial charge in [0.05, 0.1) is 25.2 Å².